The summed E-state index contributed by atoms with van der Waals surface area (Å²) in [6, 6.07) is 5.18. The van der Waals surface area contributed by atoms with E-state index in [0.717, 1.165) is 6.07 Å². The number of benzene rings is 1. The van der Waals surface area contributed by atoms with E-state index in [1.807, 2.05) is 0 Å². The fourth-order valence-electron chi connectivity index (χ4n) is 1.18. The number of nitro groups is 1. The second kappa shape index (κ2) is 5.60. The van der Waals surface area contributed by atoms with E-state index < -0.39 is 16.3 Å². The Balaban J connectivity index is 2.72. The van der Waals surface area contributed by atoms with Crippen LogP contribution < -0.4 is 0 Å². The molecule has 0 fully saturated rings. The molecular weight excluding hydrogens is 250 g/mol. The summed E-state index contributed by atoms with van der Waals surface area (Å²) < 4.78 is 4.84. The number of nitro benzene ring substituents is 1. The van der Waals surface area contributed by atoms with E-state index >= 15 is 0 Å². The van der Waals surface area contributed by atoms with Crippen LogP contribution >= 0.6 is 0 Å². The van der Waals surface area contributed by atoms with Crippen LogP contribution in [0.2, 0.25) is 0 Å². The average molecular weight is 265 g/mol. The predicted molar refractivity (Wildman–Crippen MR) is 67.8 cm³/mol. The zero-order valence-electron chi connectivity index (χ0n) is 11.0. The highest BCUT2D eigenvalue weighted by molar-refractivity contribution is 5.93. The lowest BCUT2D eigenvalue weighted by molar-refractivity contribution is -0.384. The molecule has 0 aliphatic heterocycles. The van der Waals surface area contributed by atoms with E-state index in [4.69, 9.17) is 4.74 Å². The Labute approximate surface area is 110 Å². The van der Waals surface area contributed by atoms with E-state index in [-0.39, 0.29) is 23.6 Å². The molecule has 0 unspecified atom stereocenters. The maximum absolute atomic E-state index is 11.7. The van der Waals surface area contributed by atoms with E-state index in [0.29, 0.717) is 0 Å². The van der Waals surface area contributed by atoms with Crippen LogP contribution in [0, 0.1) is 15.5 Å². The van der Waals surface area contributed by atoms with Crippen molar-refractivity contribution in [3.8, 4) is 0 Å². The first kappa shape index (κ1) is 14.8. The van der Waals surface area contributed by atoms with Crippen molar-refractivity contribution in [2.45, 2.75) is 20.8 Å². The average Bonchev–Trinajstić information content (AvgIpc) is 2.34. The molecule has 102 valence electrons. The minimum absolute atomic E-state index is 0.0518. The molecule has 0 spiro atoms. The number of Topliss-reactive ketones (excluding diaryl/α,β-unsaturated/α-hetero) is 1. The highest BCUT2D eigenvalue weighted by atomic mass is 16.6. The van der Waals surface area contributed by atoms with Crippen molar-refractivity contribution in [3.63, 3.8) is 0 Å². The van der Waals surface area contributed by atoms with Crippen LogP contribution in [0.1, 0.15) is 31.1 Å². The van der Waals surface area contributed by atoms with Gasteiger partial charge in [-0.3, -0.25) is 14.9 Å². The SMILES string of the molecule is CC(C)(C)C(=O)COC(=O)c1cccc([N+](=O)[O-])c1. The van der Waals surface area contributed by atoms with Crippen molar-refractivity contribution in [2.75, 3.05) is 6.61 Å². The van der Waals surface area contributed by atoms with Gasteiger partial charge in [0.1, 0.15) is 0 Å². The number of rotatable bonds is 4. The number of esters is 1. The van der Waals surface area contributed by atoms with Crippen molar-refractivity contribution in [1.82, 2.24) is 0 Å². The number of ether oxygens (including phenoxy) is 1. The molecule has 0 saturated heterocycles. The van der Waals surface area contributed by atoms with Gasteiger partial charge in [-0.05, 0) is 6.07 Å². The van der Waals surface area contributed by atoms with Gasteiger partial charge < -0.3 is 4.74 Å². The molecule has 0 N–H and O–H groups in total. The van der Waals surface area contributed by atoms with Gasteiger partial charge in [-0.2, -0.15) is 0 Å². The topological polar surface area (TPSA) is 86.5 Å². The van der Waals surface area contributed by atoms with Gasteiger partial charge in [-0.1, -0.05) is 26.8 Å². The first-order valence-electron chi connectivity index (χ1n) is 5.66. The lowest BCUT2D eigenvalue weighted by atomic mass is 9.91. The second-order valence-electron chi connectivity index (χ2n) is 5.06. The van der Waals surface area contributed by atoms with Crippen LogP contribution in [-0.4, -0.2) is 23.3 Å². The van der Waals surface area contributed by atoms with Crippen molar-refractivity contribution in [3.05, 3.63) is 39.9 Å². The first-order chi connectivity index (χ1) is 8.71. The Morgan fingerprint density at radius 3 is 2.47 bits per heavy atom. The van der Waals surface area contributed by atoms with Crippen LogP contribution in [0.15, 0.2) is 24.3 Å². The Morgan fingerprint density at radius 2 is 1.95 bits per heavy atom. The van der Waals surface area contributed by atoms with Gasteiger partial charge >= 0.3 is 5.97 Å². The van der Waals surface area contributed by atoms with Gasteiger partial charge in [0.05, 0.1) is 10.5 Å². The molecule has 1 aromatic rings. The zero-order valence-corrected chi connectivity index (χ0v) is 11.0. The molecule has 0 atom stereocenters. The van der Waals surface area contributed by atoms with Gasteiger partial charge in [0, 0.05) is 17.5 Å². The third-order valence-corrected chi connectivity index (χ3v) is 2.46. The summed E-state index contributed by atoms with van der Waals surface area (Å²) >= 11 is 0. The maximum atomic E-state index is 11.7. The van der Waals surface area contributed by atoms with Gasteiger partial charge in [0.25, 0.3) is 5.69 Å². The third-order valence-electron chi connectivity index (χ3n) is 2.46. The third kappa shape index (κ3) is 4.17. The van der Waals surface area contributed by atoms with E-state index in [9.17, 15) is 19.7 Å². The number of nitrogens with zero attached hydrogens (tertiary/aromatic N) is 1. The summed E-state index contributed by atoms with van der Waals surface area (Å²) in [5.41, 5.74) is -0.740. The number of carbonyl (C=O) groups excluding carboxylic acids is 2. The summed E-state index contributed by atoms with van der Waals surface area (Å²) in [6.45, 7) is 4.81. The molecule has 0 bridgehead atoms. The van der Waals surface area contributed by atoms with Crippen LogP contribution in [0.25, 0.3) is 0 Å². The zero-order chi connectivity index (χ0) is 14.6. The number of non-ortho nitro benzene ring substituents is 1. The quantitative estimate of drug-likeness (QED) is 0.474. The lowest BCUT2D eigenvalue weighted by Gasteiger charge is -2.16. The molecule has 6 heteroatoms. The summed E-state index contributed by atoms with van der Waals surface area (Å²) in [4.78, 5) is 33.2. The van der Waals surface area contributed by atoms with E-state index in [1.54, 1.807) is 20.8 Å². The highest BCUT2D eigenvalue weighted by Crippen LogP contribution is 2.16. The number of hydrogen-bond acceptors (Lipinski definition) is 5. The minimum atomic E-state index is -0.749. The number of carbonyl (C=O) groups is 2. The fourth-order valence-corrected chi connectivity index (χ4v) is 1.18. The molecule has 1 rings (SSSR count). The second-order valence-corrected chi connectivity index (χ2v) is 5.06. The van der Waals surface area contributed by atoms with Crippen LogP contribution in [0.3, 0.4) is 0 Å². The molecule has 1 aromatic carbocycles. The van der Waals surface area contributed by atoms with Crippen molar-refractivity contribution in [2.24, 2.45) is 5.41 Å². The van der Waals surface area contributed by atoms with Crippen molar-refractivity contribution < 1.29 is 19.2 Å². The summed E-state index contributed by atoms with van der Waals surface area (Å²) in [5.74, 6) is -0.965. The molecule has 0 aliphatic carbocycles. The molecule has 0 saturated carbocycles. The standard InChI is InChI=1S/C13H15NO5/c1-13(2,3)11(15)8-19-12(16)9-5-4-6-10(7-9)14(17)18/h4-7H,8H2,1-3H3. The minimum Gasteiger partial charge on any atom is -0.454 e. The summed E-state index contributed by atoms with van der Waals surface area (Å²) in [7, 11) is 0. The van der Waals surface area contributed by atoms with Gasteiger partial charge in [0.2, 0.25) is 0 Å². The molecule has 19 heavy (non-hydrogen) atoms. The fraction of sp³-hybridized carbons (Fsp3) is 0.385. The van der Waals surface area contributed by atoms with Gasteiger partial charge in [-0.15, -0.1) is 0 Å². The molecule has 0 aliphatic rings. The van der Waals surface area contributed by atoms with Gasteiger partial charge in [-0.25, -0.2) is 4.79 Å². The summed E-state index contributed by atoms with van der Waals surface area (Å²) in [6.07, 6.45) is 0. The molecule has 6 nitrogen and oxygen atoms in total. The molecule has 0 heterocycles. The Kier molecular flexibility index (Phi) is 4.37. The summed E-state index contributed by atoms with van der Waals surface area (Å²) in [5, 5.41) is 10.6. The highest BCUT2D eigenvalue weighted by Gasteiger charge is 2.23. The van der Waals surface area contributed by atoms with E-state index in [1.165, 1.54) is 18.2 Å². The smallest absolute Gasteiger partial charge is 0.338 e. The van der Waals surface area contributed by atoms with Crippen LogP contribution in [0.5, 0.6) is 0 Å². The normalized spacial score (nSPS) is 10.9. The molecular formula is C13H15NO5. The first-order valence-corrected chi connectivity index (χ1v) is 5.66. The predicted octanol–water partition coefficient (Wildman–Crippen LogP) is 2.37. The van der Waals surface area contributed by atoms with Crippen LogP contribution in [0.4, 0.5) is 5.69 Å². The van der Waals surface area contributed by atoms with E-state index in [2.05, 4.69) is 0 Å². The Bertz CT molecular complexity index is 516. The Hall–Kier alpha value is -2.24. The lowest BCUT2D eigenvalue weighted by Crippen LogP contribution is -2.26. The number of ketones is 1. The van der Waals surface area contributed by atoms with Gasteiger partial charge in [0.15, 0.2) is 12.4 Å². The monoisotopic (exact) mass is 265 g/mol. The maximum Gasteiger partial charge on any atom is 0.338 e. The molecule has 0 aromatic heterocycles. The molecule has 0 amide bonds. The number of hydrogen-bond donors (Lipinski definition) is 0. The van der Waals surface area contributed by atoms with Crippen molar-refractivity contribution in [1.29, 1.82) is 0 Å². The van der Waals surface area contributed by atoms with Crippen molar-refractivity contribution >= 4 is 17.4 Å². The van der Waals surface area contributed by atoms with Crippen LogP contribution in [-0.2, 0) is 9.53 Å². The Morgan fingerprint density at radius 1 is 1.32 bits per heavy atom. The largest absolute Gasteiger partial charge is 0.454 e. The molecule has 0 radical (unpaired) electrons.